The van der Waals surface area contributed by atoms with Crippen LogP contribution in [0.15, 0.2) is 18.2 Å². The van der Waals surface area contributed by atoms with Crippen molar-refractivity contribution in [1.29, 1.82) is 0 Å². The van der Waals surface area contributed by atoms with Crippen LogP contribution in [0.4, 0.5) is 5.69 Å². The standard InChI is InChI=1S/C15H18N2O3/c18-10-11-5-4-6-13-12(11)9-14(15(19)20)17(13)16-7-2-1-3-8-16/h4-6,10,14H,1-3,7-9H2,(H,19,20)/t14-/m1/s1. The number of carbonyl (C=O) groups is 2. The van der Waals surface area contributed by atoms with E-state index in [4.69, 9.17) is 0 Å². The minimum absolute atomic E-state index is 0.399. The van der Waals surface area contributed by atoms with Gasteiger partial charge < -0.3 is 5.11 Å². The third kappa shape index (κ3) is 2.08. The molecular weight excluding hydrogens is 256 g/mol. The number of carboxylic acids is 1. The Morgan fingerprint density at radius 2 is 2.00 bits per heavy atom. The van der Waals surface area contributed by atoms with E-state index in [0.717, 1.165) is 43.5 Å². The van der Waals surface area contributed by atoms with Gasteiger partial charge in [0.1, 0.15) is 12.3 Å². The summed E-state index contributed by atoms with van der Waals surface area (Å²) in [7, 11) is 0. The van der Waals surface area contributed by atoms with Crippen LogP contribution in [0.1, 0.15) is 35.2 Å². The molecule has 5 nitrogen and oxygen atoms in total. The summed E-state index contributed by atoms with van der Waals surface area (Å²) in [4.78, 5) is 22.7. The largest absolute Gasteiger partial charge is 0.480 e. The average molecular weight is 274 g/mol. The fourth-order valence-electron chi connectivity index (χ4n) is 3.22. The van der Waals surface area contributed by atoms with E-state index in [-0.39, 0.29) is 0 Å². The third-order valence-corrected chi connectivity index (χ3v) is 4.18. The molecule has 3 rings (SSSR count). The summed E-state index contributed by atoms with van der Waals surface area (Å²) in [6.07, 6.45) is 4.59. The molecule has 0 amide bonds. The second-order valence-electron chi connectivity index (χ2n) is 5.38. The molecule has 0 aromatic heterocycles. The van der Waals surface area contributed by atoms with Gasteiger partial charge in [0, 0.05) is 25.1 Å². The number of benzene rings is 1. The molecule has 0 saturated carbocycles. The Labute approximate surface area is 117 Å². The van der Waals surface area contributed by atoms with Gasteiger partial charge in [0.15, 0.2) is 0 Å². The zero-order valence-corrected chi connectivity index (χ0v) is 11.3. The number of anilines is 1. The first-order chi connectivity index (χ1) is 9.72. The van der Waals surface area contributed by atoms with Crippen LogP contribution < -0.4 is 5.01 Å². The Kier molecular flexibility index (Phi) is 3.44. The smallest absolute Gasteiger partial charge is 0.328 e. The van der Waals surface area contributed by atoms with Crippen LogP contribution >= 0.6 is 0 Å². The molecule has 0 spiro atoms. The van der Waals surface area contributed by atoms with Crippen molar-refractivity contribution in [1.82, 2.24) is 5.01 Å². The number of piperidine rings is 1. The van der Waals surface area contributed by atoms with Crippen LogP contribution in [-0.2, 0) is 11.2 Å². The molecule has 20 heavy (non-hydrogen) atoms. The highest BCUT2D eigenvalue weighted by atomic mass is 16.4. The van der Waals surface area contributed by atoms with Crippen molar-refractivity contribution in [2.24, 2.45) is 0 Å². The van der Waals surface area contributed by atoms with E-state index in [2.05, 4.69) is 5.01 Å². The molecule has 5 heteroatoms. The van der Waals surface area contributed by atoms with E-state index in [1.165, 1.54) is 6.42 Å². The number of rotatable bonds is 3. The Hall–Kier alpha value is -1.88. The highest BCUT2D eigenvalue weighted by Gasteiger charge is 2.39. The molecule has 1 atom stereocenters. The van der Waals surface area contributed by atoms with Crippen LogP contribution in [-0.4, -0.2) is 41.5 Å². The molecule has 2 aliphatic heterocycles. The average Bonchev–Trinajstić information content (AvgIpc) is 2.87. The number of nitrogens with zero attached hydrogens (tertiary/aromatic N) is 2. The minimum Gasteiger partial charge on any atom is -0.480 e. The number of hydrogen-bond acceptors (Lipinski definition) is 4. The van der Waals surface area contributed by atoms with E-state index in [1.54, 1.807) is 6.07 Å². The summed E-state index contributed by atoms with van der Waals surface area (Å²) in [6, 6.07) is 4.90. The van der Waals surface area contributed by atoms with Gasteiger partial charge in [0.25, 0.3) is 0 Å². The molecule has 2 heterocycles. The third-order valence-electron chi connectivity index (χ3n) is 4.18. The Bertz CT molecular complexity index is 538. The predicted octanol–water partition coefficient (Wildman–Crippen LogP) is 1.72. The van der Waals surface area contributed by atoms with Crippen LogP contribution in [0.3, 0.4) is 0 Å². The zero-order chi connectivity index (χ0) is 14.1. The van der Waals surface area contributed by atoms with Crippen molar-refractivity contribution >= 4 is 17.9 Å². The van der Waals surface area contributed by atoms with Crippen LogP contribution in [0.2, 0.25) is 0 Å². The van der Waals surface area contributed by atoms with Gasteiger partial charge in [-0.3, -0.25) is 9.80 Å². The Morgan fingerprint density at radius 3 is 2.65 bits per heavy atom. The molecule has 0 bridgehead atoms. The summed E-state index contributed by atoms with van der Waals surface area (Å²) in [5, 5.41) is 13.5. The quantitative estimate of drug-likeness (QED) is 0.850. The second-order valence-corrected chi connectivity index (χ2v) is 5.38. The molecule has 1 saturated heterocycles. The van der Waals surface area contributed by atoms with Crippen molar-refractivity contribution in [3.05, 3.63) is 29.3 Å². The number of carbonyl (C=O) groups excluding carboxylic acids is 1. The monoisotopic (exact) mass is 274 g/mol. The first-order valence-corrected chi connectivity index (χ1v) is 7.06. The van der Waals surface area contributed by atoms with Gasteiger partial charge in [0.2, 0.25) is 0 Å². The lowest BCUT2D eigenvalue weighted by Crippen LogP contribution is -2.52. The Morgan fingerprint density at radius 1 is 1.25 bits per heavy atom. The first kappa shape index (κ1) is 13.1. The van der Waals surface area contributed by atoms with Crippen molar-refractivity contribution in [2.75, 3.05) is 18.1 Å². The molecule has 0 aliphatic carbocycles. The number of carboxylic acid groups (broad SMARTS) is 1. The van der Waals surface area contributed by atoms with E-state index in [1.807, 2.05) is 17.1 Å². The number of aliphatic carboxylic acids is 1. The van der Waals surface area contributed by atoms with Crippen molar-refractivity contribution in [2.45, 2.75) is 31.7 Å². The van der Waals surface area contributed by atoms with Gasteiger partial charge in [0.05, 0.1) is 5.69 Å². The van der Waals surface area contributed by atoms with E-state index in [9.17, 15) is 14.7 Å². The van der Waals surface area contributed by atoms with Crippen LogP contribution in [0.5, 0.6) is 0 Å². The molecule has 2 aliphatic rings. The lowest BCUT2D eigenvalue weighted by molar-refractivity contribution is -0.139. The van der Waals surface area contributed by atoms with Crippen LogP contribution in [0, 0.1) is 0 Å². The predicted molar refractivity (Wildman–Crippen MR) is 74.9 cm³/mol. The number of hydrogen-bond donors (Lipinski definition) is 1. The summed E-state index contributed by atoms with van der Waals surface area (Å²) < 4.78 is 0. The van der Waals surface area contributed by atoms with Crippen molar-refractivity contribution < 1.29 is 14.7 Å². The summed E-state index contributed by atoms with van der Waals surface area (Å²) in [5.74, 6) is -0.830. The maximum absolute atomic E-state index is 11.6. The minimum atomic E-state index is -0.830. The molecule has 0 unspecified atom stereocenters. The highest BCUT2D eigenvalue weighted by Crippen LogP contribution is 2.36. The maximum Gasteiger partial charge on any atom is 0.328 e. The lowest BCUT2D eigenvalue weighted by Gasteiger charge is -2.39. The Balaban J connectivity index is 2.01. The molecule has 1 aromatic rings. The fraction of sp³-hybridized carbons (Fsp3) is 0.467. The summed E-state index contributed by atoms with van der Waals surface area (Å²) in [5.41, 5.74) is 2.35. The van der Waals surface area contributed by atoms with Crippen molar-refractivity contribution in [3.63, 3.8) is 0 Å². The molecule has 1 fully saturated rings. The summed E-state index contributed by atoms with van der Waals surface area (Å²) in [6.45, 7) is 1.77. The number of aldehydes is 1. The molecule has 1 aromatic carbocycles. The van der Waals surface area contributed by atoms with Crippen molar-refractivity contribution in [3.8, 4) is 0 Å². The van der Waals surface area contributed by atoms with E-state index >= 15 is 0 Å². The normalized spacial score (nSPS) is 22.6. The molecular formula is C15H18N2O3. The molecule has 106 valence electrons. The van der Waals surface area contributed by atoms with E-state index in [0.29, 0.717) is 12.0 Å². The lowest BCUT2D eigenvalue weighted by atomic mass is 10.0. The van der Waals surface area contributed by atoms with Gasteiger partial charge in [-0.15, -0.1) is 0 Å². The van der Waals surface area contributed by atoms with Gasteiger partial charge in [-0.05, 0) is 24.5 Å². The second kappa shape index (κ2) is 5.25. The van der Waals surface area contributed by atoms with Gasteiger partial charge in [-0.1, -0.05) is 18.6 Å². The molecule has 0 radical (unpaired) electrons. The van der Waals surface area contributed by atoms with Gasteiger partial charge in [-0.25, -0.2) is 9.80 Å². The van der Waals surface area contributed by atoms with Gasteiger partial charge >= 0.3 is 5.97 Å². The van der Waals surface area contributed by atoms with Gasteiger partial charge in [-0.2, -0.15) is 0 Å². The van der Waals surface area contributed by atoms with E-state index < -0.39 is 12.0 Å². The topological polar surface area (TPSA) is 60.9 Å². The number of fused-ring (bicyclic) bond motifs is 1. The highest BCUT2D eigenvalue weighted by molar-refractivity contribution is 5.87. The SMILES string of the molecule is O=Cc1cccc2c1C[C@H](C(=O)O)N2N1CCCCC1. The maximum atomic E-state index is 11.6. The first-order valence-electron chi connectivity index (χ1n) is 7.06. The summed E-state index contributed by atoms with van der Waals surface area (Å²) >= 11 is 0. The zero-order valence-electron chi connectivity index (χ0n) is 11.3. The fourth-order valence-corrected chi connectivity index (χ4v) is 3.22. The molecule has 1 N–H and O–H groups in total. The number of hydrazine groups is 1. The van der Waals surface area contributed by atoms with Crippen LogP contribution in [0.25, 0.3) is 0 Å².